The predicted octanol–water partition coefficient (Wildman–Crippen LogP) is 1.42. The number of hydrogen-bond donors (Lipinski definition) is 2. The van der Waals surface area contributed by atoms with E-state index in [9.17, 15) is 9.59 Å². The van der Waals surface area contributed by atoms with Crippen LogP contribution in [0.2, 0.25) is 0 Å². The first kappa shape index (κ1) is 14.0. The minimum atomic E-state index is -0.557. The standard InChI is InChI=1S/C14H18N2O2/c1-10(2)12-6-3-11(4-7-12)5-8-14(18)16-9-13(15)17/h3-8,10H,9H2,1-2H3,(H2,15,17)(H,16,18)/b8-5+. The van der Waals surface area contributed by atoms with Crippen molar-refractivity contribution >= 4 is 17.9 Å². The number of carbonyl (C=O) groups excluding carboxylic acids is 2. The van der Waals surface area contributed by atoms with Crippen molar-refractivity contribution in [1.82, 2.24) is 5.32 Å². The van der Waals surface area contributed by atoms with Crippen molar-refractivity contribution in [2.75, 3.05) is 6.54 Å². The van der Waals surface area contributed by atoms with Gasteiger partial charge in [0, 0.05) is 6.08 Å². The molecule has 0 aliphatic carbocycles. The third kappa shape index (κ3) is 4.82. The van der Waals surface area contributed by atoms with E-state index in [0.717, 1.165) is 5.56 Å². The fourth-order valence-electron chi connectivity index (χ4n) is 1.40. The first-order valence-corrected chi connectivity index (χ1v) is 5.83. The number of hydrogen-bond acceptors (Lipinski definition) is 2. The highest BCUT2D eigenvalue weighted by atomic mass is 16.2. The van der Waals surface area contributed by atoms with Crippen LogP contribution in [0.25, 0.3) is 6.08 Å². The molecule has 0 radical (unpaired) electrons. The fourth-order valence-corrected chi connectivity index (χ4v) is 1.40. The lowest BCUT2D eigenvalue weighted by atomic mass is 10.0. The van der Waals surface area contributed by atoms with Gasteiger partial charge in [-0.1, -0.05) is 38.1 Å². The number of nitrogens with one attached hydrogen (secondary N) is 1. The second-order valence-electron chi connectivity index (χ2n) is 4.34. The molecule has 1 aromatic carbocycles. The van der Waals surface area contributed by atoms with Crippen LogP contribution in [-0.2, 0) is 9.59 Å². The molecule has 0 saturated carbocycles. The minimum absolute atomic E-state index is 0.143. The quantitative estimate of drug-likeness (QED) is 0.771. The van der Waals surface area contributed by atoms with E-state index in [1.807, 2.05) is 24.3 Å². The molecule has 0 atom stereocenters. The molecule has 0 bridgehead atoms. The van der Waals surface area contributed by atoms with Gasteiger partial charge in [-0.2, -0.15) is 0 Å². The summed E-state index contributed by atoms with van der Waals surface area (Å²) in [6.07, 6.45) is 3.08. The lowest BCUT2D eigenvalue weighted by Crippen LogP contribution is -2.32. The molecule has 0 heterocycles. The van der Waals surface area contributed by atoms with E-state index in [2.05, 4.69) is 19.2 Å². The Bertz CT molecular complexity index is 447. The lowest BCUT2D eigenvalue weighted by molar-refractivity contribution is -0.122. The van der Waals surface area contributed by atoms with Crippen molar-refractivity contribution in [3.8, 4) is 0 Å². The Morgan fingerprint density at radius 1 is 1.28 bits per heavy atom. The molecule has 0 saturated heterocycles. The van der Waals surface area contributed by atoms with Crippen LogP contribution < -0.4 is 11.1 Å². The summed E-state index contributed by atoms with van der Waals surface area (Å²) in [6, 6.07) is 7.97. The average Bonchev–Trinajstić information content (AvgIpc) is 2.34. The molecule has 1 rings (SSSR count). The maximum absolute atomic E-state index is 11.3. The van der Waals surface area contributed by atoms with Crippen LogP contribution >= 0.6 is 0 Å². The Morgan fingerprint density at radius 3 is 2.39 bits per heavy atom. The van der Waals surface area contributed by atoms with E-state index < -0.39 is 5.91 Å². The molecule has 1 aromatic rings. The van der Waals surface area contributed by atoms with Crippen LogP contribution in [0.3, 0.4) is 0 Å². The van der Waals surface area contributed by atoms with E-state index >= 15 is 0 Å². The van der Waals surface area contributed by atoms with Crippen molar-refractivity contribution in [3.05, 3.63) is 41.5 Å². The predicted molar refractivity (Wildman–Crippen MR) is 71.8 cm³/mol. The van der Waals surface area contributed by atoms with Crippen LogP contribution in [0, 0.1) is 0 Å². The highest BCUT2D eigenvalue weighted by molar-refractivity contribution is 5.94. The van der Waals surface area contributed by atoms with Crippen LogP contribution in [-0.4, -0.2) is 18.4 Å². The molecule has 18 heavy (non-hydrogen) atoms. The second-order valence-corrected chi connectivity index (χ2v) is 4.34. The van der Waals surface area contributed by atoms with E-state index in [-0.39, 0.29) is 12.5 Å². The van der Waals surface area contributed by atoms with Crippen molar-refractivity contribution < 1.29 is 9.59 Å². The highest BCUT2D eigenvalue weighted by Gasteiger charge is 1.99. The Morgan fingerprint density at radius 2 is 1.89 bits per heavy atom. The lowest BCUT2D eigenvalue weighted by Gasteiger charge is -2.04. The van der Waals surface area contributed by atoms with Gasteiger partial charge in [-0.05, 0) is 23.1 Å². The van der Waals surface area contributed by atoms with Gasteiger partial charge in [0.1, 0.15) is 0 Å². The maximum Gasteiger partial charge on any atom is 0.244 e. The SMILES string of the molecule is CC(C)c1ccc(/C=C/C(=O)NCC(N)=O)cc1. The number of amides is 2. The molecule has 0 aliphatic heterocycles. The molecule has 2 amide bonds. The minimum Gasteiger partial charge on any atom is -0.368 e. The molecule has 0 fully saturated rings. The number of carbonyl (C=O) groups is 2. The van der Waals surface area contributed by atoms with Gasteiger partial charge in [0.05, 0.1) is 6.54 Å². The Labute approximate surface area is 107 Å². The maximum atomic E-state index is 11.3. The molecule has 0 unspecified atom stereocenters. The number of nitrogens with two attached hydrogens (primary N) is 1. The van der Waals surface area contributed by atoms with Crippen LogP contribution in [0.4, 0.5) is 0 Å². The average molecular weight is 246 g/mol. The third-order valence-electron chi connectivity index (χ3n) is 2.47. The van der Waals surface area contributed by atoms with E-state index in [1.54, 1.807) is 6.08 Å². The zero-order valence-electron chi connectivity index (χ0n) is 10.6. The number of benzene rings is 1. The number of primary amides is 1. The van der Waals surface area contributed by atoms with Crippen molar-refractivity contribution in [2.24, 2.45) is 5.73 Å². The normalized spacial score (nSPS) is 10.8. The molecule has 4 nitrogen and oxygen atoms in total. The summed E-state index contributed by atoms with van der Waals surface area (Å²) in [5.41, 5.74) is 7.11. The monoisotopic (exact) mass is 246 g/mol. The van der Waals surface area contributed by atoms with E-state index in [1.165, 1.54) is 11.6 Å². The van der Waals surface area contributed by atoms with Gasteiger partial charge in [0.25, 0.3) is 0 Å². The second kappa shape index (κ2) is 6.59. The zero-order chi connectivity index (χ0) is 13.5. The summed E-state index contributed by atoms with van der Waals surface area (Å²) in [5.74, 6) is -0.401. The largest absolute Gasteiger partial charge is 0.368 e. The molecule has 4 heteroatoms. The van der Waals surface area contributed by atoms with Crippen LogP contribution in [0.15, 0.2) is 30.3 Å². The molecule has 0 aromatic heterocycles. The van der Waals surface area contributed by atoms with Gasteiger partial charge in [-0.15, -0.1) is 0 Å². The molecule has 0 spiro atoms. The first-order chi connectivity index (χ1) is 8.49. The van der Waals surface area contributed by atoms with Crippen LogP contribution in [0.5, 0.6) is 0 Å². The van der Waals surface area contributed by atoms with Gasteiger partial charge in [0.2, 0.25) is 11.8 Å². The highest BCUT2D eigenvalue weighted by Crippen LogP contribution is 2.15. The summed E-state index contributed by atoms with van der Waals surface area (Å²) in [7, 11) is 0. The summed E-state index contributed by atoms with van der Waals surface area (Å²) >= 11 is 0. The van der Waals surface area contributed by atoms with Crippen molar-refractivity contribution in [3.63, 3.8) is 0 Å². The van der Waals surface area contributed by atoms with Crippen molar-refractivity contribution in [2.45, 2.75) is 19.8 Å². The molecule has 3 N–H and O–H groups in total. The third-order valence-corrected chi connectivity index (χ3v) is 2.47. The van der Waals surface area contributed by atoms with Crippen LogP contribution in [0.1, 0.15) is 30.9 Å². The van der Waals surface area contributed by atoms with Crippen molar-refractivity contribution in [1.29, 1.82) is 0 Å². The summed E-state index contributed by atoms with van der Waals surface area (Å²) in [6.45, 7) is 4.11. The molecule has 96 valence electrons. The van der Waals surface area contributed by atoms with Gasteiger partial charge >= 0.3 is 0 Å². The summed E-state index contributed by atoms with van der Waals surface area (Å²) < 4.78 is 0. The smallest absolute Gasteiger partial charge is 0.244 e. The molecular weight excluding hydrogens is 228 g/mol. The Hall–Kier alpha value is -2.10. The number of rotatable bonds is 5. The Kier molecular flexibility index (Phi) is 5.11. The van der Waals surface area contributed by atoms with Gasteiger partial charge in [-0.3, -0.25) is 9.59 Å². The van der Waals surface area contributed by atoms with E-state index in [4.69, 9.17) is 5.73 Å². The van der Waals surface area contributed by atoms with Gasteiger partial charge in [0.15, 0.2) is 0 Å². The summed E-state index contributed by atoms with van der Waals surface area (Å²) in [4.78, 5) is 21.8. The van der Waals surface area contributed by atoms with Gasteiger partial charge < -0.3 is 11.1 Å². The fraction of sp³-hybridized carbons (Fsp3) is 0.286. The molecule has 0 aliphatic rings. The Balaban J connectivity index is 2.56. The van der Waals surface area contributed by atoms with Gasteiger partial charge in [-0.25, -0.2) is 0 Å². The first-order valence-electron chi connectivity index (χ1n) is 5.83. The zero-order valence-corrected chi connectivity index (χ0v) is 10.6. The molecular formula is C14H18N2O2. The topological polar surface area (TPSA) is 72.2 Å². The van der Waals surface area contributed by atoms with E-state index in [0.29, 0.717) is 5.92 Å². The summed E-state index contributed by atoms with van der Waals surface area (Å²) in [5, 5.41) is 2.38.